The maximum absolute atomic E-state index is 12.6. The number of aliphatic hydroxyl groups excluding tert-OH is 1. The summed E-state index contributed by atoms with van der Waals surface area (Å²) in [7, 11) is 0. The summed E-state index contributed by atoms with van der Waals surface area (Å²) >= 11 is 0. The van der Waals surface area contributed by atoms with Gasteiger partial charge in [0.15, 0.2) is 0 Å². The Labute approximate surface area is 138 Å². The van der Waals surface area contributed by atoms with E-state index >= 15 is 0 Å². The Balaban J connectivity index is 1.56. The smallest absolute Gasteiger partial charge is 0.253 e. The highest BCUT2D eigenvalue weighted by Gasteiger charge is 2.35. The van der Waals surface area contributed by atoms with Crippen LogP contribution in [0.25, 0.3) is 0 Å². The van der Waals surface area contributed by atoms with Crippen LogP contribution in [-0.4, -0.2) is 48.7 Å². The first-order valence-corrected chi connectivity index (χ1v) is 8.92. The molecule has 0 aliphatic carbocycles. The number of carbonyl (C=O) groups excluding carboxylic acids is 1. The van der Waals surface area contributed by atoms with Gasteiger partial charge in [-0.1, -0.05) is 19.1 Å². The van der Waals surface area contributed by atoms with Crippen molar-refractivity contribution < 1.29 is 9.90 Å². The summed E-state index contributed by atoms with van der Waals surface area (Å²) in [4.78, 5) is 14.6. The van der Waals surface area contributed by atoms with Crippen molar-refractivity contribution in [3.05, 3.63) is 35.4 Å². The van der Waals surface area contributed by atoms with Gasteiger partial charge in [0.25, 0.3) is 5.91 Å². The zero-order valence-electron chi connectivity index (χ0n) is 14.0. The molecule has 2 atom stereocenters. The Bertz CT molecular complexity index is 521. The number of rotatable bonds is 4. The predicted molar refractivity (Wildman–Crippen MR) is 91.4 cm³/mol. The molecule has 1 aromatic carbocycles. The normalized spacial score (nSPS) is 25.7. The SMILES string of the molecule is CCc1ccc(C(=O)N2CCC([C@@H]3CNC[C@H]3CO)CC2)cc1. The van der Waals surface area contributed by atoms with Gasteiger partial charge in [-0.3, -0.25) is 4.79 Å². The molecule has 0 aromatic heterocycles. The van der Waals surface area contributed by atoms with Gasteiger partial charge in [-0.05, 0) is 61.3 Å². The van der Waals surface area contributed by atoms with Gasteiger partial charge in [-0.15, -0.1) is 0 Å². The Hall–Kier alpha value is -1.39. The number of carbonyl (C=O) groups is 1. The fourth-order valence-electron chi connectivity index (χ4n) is 4.10. The molecule has 2 heterocycles. The molecule has 2 N–H and O–H groups in total. The standard InChI is InChI=1S/C19H28N2O2/c1-2-14-3-5-16(6-4-14)19(23)21-9-7-15(8-10-21)18-12-20-11-17(18)13-22/h3-6,15,17-18,20,22H,2,7-13H2,1H3/t17-,18-/m0/s1. The fraction of sp³-hybridized carbons (Fsp3) is 0.632. The fourth-order valence-corrected chi connectivity index (χ4v) is 4.10. The van der Waals surface area contributed by atoms with Crippen molar-refractivity contribution in [3.8, 4) is 0 Å². The van der Waals surface area contributed by atoms with Gasteiger partial charge in [0.05, 0.1) is 0 Å². The van der Waals surface area contributed by atoms with Crippen molar-refractivity contribution in [3.63, 3.8) is 0 Å². The number of aliphatic hydroxyl groups is 1. The average molecular weight is 316 g/mol. The number of piperidine rings is 1. The lowest BCUT2D eigenvalue weighted by Crippen LogP contribution is -2.41. The van der Waals surface area contributed by atoms with Gasteiger partial charge >= 0.3 is 0 Å². The second-order valence-electron chi connectivity index (χ2n) is 6.94. The Kier molecular flexibility index (Phi) is 5.34. The number of amides is 1. The van der Waals surface area contributed by atoms with Crippen molar-refractivity contribution >= 4 is 5.91 Å². The molecular weight excluding hydrogens is 288 g/mol. The van der Waals surface area contributed by atoms with Crippen LogP contribution in [0.5, 0.6) is 0 Å². The van der Waals surface area contributed by atoms with E-state index in [1.807, 2.05) is 17.0 Å². The minimum atomic E-state index is 0.161. The summed E-state index contributed by atoms with van der Waals surface area (Å²) in [6.07, 6.45) is 3.12. The van der Waals surface area contributed by atoms with Crippen LogP contribution in [0, 0.1) is 17.8 Å². The number of benzene rings is 1. The molecular formula is C19H28N2O2. The Morgan fingerprint density at radius 1 is 1.22 bits per heavy atom. The third-order valence-electron chi connectivity index (χ3n) is 5.67. The highest BCUT2D eigenvalue weighted by Crippen LogP contribution is 2.32. The maximum Gasteiger partial charge on any atom is 0.253 e. The predicted octanol–water partition coefficient (Wildman–Crippen LogP) is 1.93. The van der Waals surface area contributed by atoms with Gasteiger partial charge in [0, 0.05) is 31.8 Å². The summed E-state index contributed by atoms with van der Waals surface area (Å²) in [6, 6.07) is 8.01. The van der Waals surface area contributed by atoms with Crippen LogP contribution in [0.2, 0.25) is 0 Å². The van der Waals surface area contributed by atoms with Crippen LogP contribution in [0.15, 0.2) is 24.3 Å². The van der Waals surface area contributed by atoms with Crippen molar-refractivity contribution in [2.45, 2.75) is 26.2 Å². The summed E-state index contributed by atoms with van der Waals surface area (Å²) in [6.45, 7) is 6.04. The van der Waals surface area contributed by atoms with Crippen molar-refractivity contribution in [2.24, 2.45) is 17.8 Å². The van der Waals surface area contributed by atoms with Crippen LogP contribution in [-0.2, 0) is 6.42 Å². The summed E-state index contributed by atoms with van der Waals surface area (Å²) < 4.78 is 0. The van der Waals surface area contributed by atoms with E-state index < -0.39 is 0 Å². The zero-order chi connectivity index (χ0) is 16.2. The lowest BCUT2D eigenvalue weighted by Gasteiger charge is -2.36. The van der Waals surface area contributed by atoms with Gasteiger partial charge in [0.2, 0.25) is 0 Å². The van der Waals surface area contributed by atoms with E-state index in [0.717, 1.165) is 51.0 Å². The van der Waals surface area contributed by atoms with Crippen LogP contribution in [0.3, 0.4) is 0 Å². The van der Waals surface area contributed by atoms with Crippen LogP contribution in [0.4, 0.5) is 0 Å². The van der Waals surface area contributed by atoms with E-state index in [9.17, 15) is 9.90 Å². The summed E-state index contributed by atoms with van der Waals surface area (Å²) in [5.41, 5.74) is 2.07. The molecule has 1 amide bonds. The largest absolute Gasteiger partial charge is 0.396 e. The molecule has 0 spiro atoms. The number of hydrogen-bond acceptors (Lipinski definition) is 3. The van der Waals surface area contributed by atoms with E-state index in [1.54, 1.807) is 0 Å². The molecule has 1 aromatic rings. The Morgan fingerprint density at radius 3 is 2.52 bits per heavy atom. The monoisotopic (exact) mass is 316 g/mol. The van der Waals surface area contributed by atoms with Crippen molar-refractivity contribution in [1.82, 2.24) is 10.2 Å². The second kappa shape index (κ2) is 7.45. The molecule has 0 radical (unpaired) electrons. The lowest BCUT2D eigenvalue weighted by molar-refractivity contribution is 0.0625. The highest BCUT2D eigenvalue weighted by molar-refractivity contribution is 5.94. The molecule has 23 heavy (non-hydrogen) atoms. The van der Waals surface area contributed by atoms with Gasteiger partial charge < -0.3 is 15.3 Å². The third kappa shape index (κ3) is 3.59. The number of aryl methyl sites for hydroxylation is 1. The zero-order valence-corrected chi connectivity index (χ0v) is 14.0. The van der Waals surface area contributed by atoms with Crippen LogP contribution >= 0.6 is 0 Å². The van der Waals surface area contributed by atoms with E-state index in [4.69, 9.17) is 0 Å². The van der Waals surface area contributed by atoms with Gasteiger partial charge in [-0.25, -0.2) is 0 Å². The molecule has 2 aliphatic rings. The minimum Gasteiger partial charge on any atom is -0.396 e. The maximum atomic E-state index is 12.6. The summed E-state index contributed by atoms with van der Waals surface area (Å²) in [5.74, 6) is 1.76. The number of nitrogens with zero attached hydrogens (tertiary/aromatic N) is 1. The molecule has 0 saturated carbocycles. The van der Waals surface area contributed by atoms with Crippen LogP contribution < -0.4 is 5.32 Å². The summed E-state index contributed by atoms with van der Waals surface area (Å²) in [5, 5.41) is 12.9. The first kappa shape index (κ1) is 16.5. The van der Waals surface area contributed by atoms with E-state index in [2.05, 4.69) is 24.4 Å². The Morgan fingerprint density at radius 2 is 1.91 bits per heavy atom. The molecule has 2 aliphatic heterocycles. The first-order valence-electron chi connectivity index (χ1n) is 8.92. The number of nitrogens with one attached hydrogen (secondary N) is 1. The van der Waals surface area contributed by atoms with E-state index in [-0.39, 0.29) is 12.5 Å². The average Bonchev–Trinajstić information content (AvgIpc) is 3.10. The second-order valence-corrected chi connectivity index (χ2v) is 6.94. The minimum absolute atomic E-state index is 0.161. The third-order valence-corrected chi connectivity index (χ3v) is 5.67. The molecule has 0 unspecified atom stereocenters. The number of likely N-dealkylation sites (tertiary alicyclic amines) is 1. The first-order chi connectivity index (χ1) is 11.2. The van der Waals surface area contributed by atoms with Crippen molar-refractivity contribution in [1.29, 1.82) is 0 Å². The molecule has 0 bridgehead atoms. The molecule has 4 nitrogen and oxygen atoms in total. The number of hydrogen-bond donors (Lipinski definition) is 2. The van der Waals surface area contributed by atoms with E-state index in [1.165, 1.54) is 5.56 Å². The topological polar surface area (TPSA) is 52.6 Å². The van der Waals surface area contributed by atoms with Gasteiger partial charge in [-0.2, -0.15) is 0 Å². The molecule has 3 rings (SSSR count). The quantitative estimate of drug-likeness (QED) is 0.892. The molecule has 4 heteroatoms. The molecule has 2 saturated heterocycles. The highest BCUT2D eigenvalue weighted by atomic mass is 16.3. The van der Waals surface area contributed by atoms with Crippen molar-refractivity contribution in [2.75, 3.05) is 32.8 Å². The van der Waals surface area contributed by atoms with Gasteiger partial charge in [0.1, 0.15) is 0 Å². The van der Waals surface area contributed by atoms with E-state index in [0.29, 0.717) is 17.8 Å². The van der Waals surface area contributed by atoms with Crippen LogP contribution in [0.1, 0.15) is 35.7 Å². The molecule has 2 fully saturated rings. The molecule has 126 valence electrons. The lowest BCUT2D eigenvalue weighted by atomic mass is 9.78.